The predicted octanol–water partition coefficient (Wildman–Crippen LogP) is 2.68. The van der Waals surface area contributed by atoms with Crippen LogP contribution >= 0.6 is 0 Å². The van der Waals surface area contributed by atoms with Gasteiger partial charge < -0.3 is 5.32 Å². The van der Waals surface area contributed by atoms with Gasteiger partial charge in [-0.2, -0.15) is 0 Å². The Labute approximate surface area is 140 Å². The molecule has 1 aromatic carbocycles. The van der Waals surface area contributed by atoms with Gasteiger partial charge in [-0.05, 0) is 52.2 Å². The molecule has 0 spiro atoms. The van der Waals surface area contributed by atoms with Gasteiger partial charge >= 0.3 is 0 Å². The van der Waals surface area contributed by atoms with Crippen molar-refractivity contribution in [3.05, 3.63) is 28.8 Å². The molecule has 0 unspecified atom stereocenters. The molecule has 5 nitrogen and oxygen atoms in total. The van der Waals surface area contributed by atoms with Crippen LogP contribution in [0, 0.1) is 20.8 Å². The first-order valence-electron chi connectivity index (χ1n) is 7.74. The van der Waals surface area contributed by atoms with E-state index in [0.717, 1.165) is 29.4 Å². The third kappa shape index (κ3) is 5.23. The first kappa shape index (κ1) is 19.5. The molecule has 0 aliphatic heterocycles. The van der Waals surface area contributed by atoms with Gasteiger partial charge in [0.25, 0.3) is 0 Å². The second-order valence-corrected chi connectivity index (χ2v) is 8.71. The van der Waals surface area contributed by atoms with Crippen molar-refractivity contribution in [1.82, 2.24) is 5.32 Å². The second kappa shape index (κ2) is 6.91. The highest BCUT2D eigenvalue weighted by Crippen LogP contribution is 2.28. The van der Waals surface area contributed by atoms with Crippen LogP contribution in [0.15, 0.2) is 12.1 Å². The summed E-state index contributed by atoms with van der Waals surface area (Å²) in [5, 5.41) is 2.88. The van der Waals surface area contributed by atoms with E-state index in [2.05, 4.69) is 5.32 Å². The third-order valence-corrected chi connectivity index (χ3v) is 5.05. The fourth-order valence-corrected chi connectivity index (χ4v) is 3.54. The number of carbonyl (C=O) groups excluding carboxylic acids is 1. The smallest absolute Gasteiger partial charge is 0.241 e. The van der Waals surface area contributed by atoms with E-state index < -0.39 is 10.0 Å². The number of sulfonamides is 1. The van der Waals surface area contributed by atoms with E-state index in [9.17, 15) is 13.2 Å². The molecule has 0 heterocycles. The van der Waals surface area contributed by atoms with Gasteiger partial charge in [0, 0.05) is 5.54 Å². The zero-order chi connectivity index (χ0) is 18.0. The summed E-state index contributed by atoms with van der Waals surface area (Å²) in [4.78, 5) is 12.3. The summed E-state index contributed by atoms with van der Waals surface area (Å²) in [5.74, 6) is -0.304. The summed E-state index contributed by atoms with van der Waals surface area (Å²) in [6.07, 6.45) is 1.89. The number of nitrogens with one attached hydrogen (secondary N) is 1. The molecule has 0 saturated carbocycles. The van der Waals surface area contributed by atoms with E-state index in [1.54, 1.807) is 0 Å². The molecule has 1 amide bonds. The van der Waals surface area contributed by atoms with Gasteiger partial charge in [0.05, 0.1) is 11.9 Å². The first-order chi connectivity index (χ1) is 10.4. The molecule has 130 valence electrons. The molecule has 1 rings (SSSR count). The molecule has 23 heavy (non-hydrogen) atoms. The number of nitrogens with zero attached hydrogens (tertiary/aromatic N) is 1. The molecule has 6 heteroatoms. The maximum Gasteiger partial charge on any atom is 0.241 e. The standard InChI is InChI=1S/C17H28N2O3S/c1-8-17(5,6)18-15(20)11-19(23(7,21)22)16-13(3)9-12(2)10-14(16)4/h9-10H,8,11H2,1-7H3,(H,18,20). The van der Waals surface area contributed by atoms with E-state index in [1.807, 2.05) is 53.7 Å². The lowest BCUT2D eigenvalue weighted by Gasteiger charge is -2.29. The Bertz CT molecular complexity index is 671. The van der Waals surface area contributed by atoms with Gasteiger partial charge in [0.1, 0.15) is 6.54 Å². The Kier molecular flexibility index (Phi) is 5.85. The Morgan fingerprint density at radius 2 is 1.65 bits per heavy atom. The highest BCUT2D eigenvalue weighted by molar-refractivity contribution is 7.92. The maximum absolute atomic E-state index is 12.3. The van der Waals surface area contributed by atoms with Gasteiger partial charge in [0.2, 0.25) is 15.9 Å². The van der Waals surface area contributed by atoms with Crippen molar-refractivity contribution in [2.45, 2.75) is 53.5 Å². The van der Waals surface area contributed by atoms with E-state index in [0.29, 0.717) is 5.69 Å². The monoisotopic (exact) mass is 340 g/mol. The van der Waals surface area contributed by atoms with Crippen LogP contribution in [0.4, 0.5) is 5.69 Å². The average Bonchev–Trinajstić information content (AvgIpc) is 2.34. The van der Waals surface area contributed by atoms with E-state index in [1.165, 1.54) is 4.31 Å². The molecule has 1 N–H and O–H groups in total. The molecule has 0 bridgehead atoms. The SMILES string of the molecule is CCC(C)(C)NC(=O)CN(c1c(C)cc(C)cc1C)S(C)(=O)=O. The second-order valence-electron chi connectivity index (χ2n) is 6.80. The Hall–Kier alpha value is -1.56. The van der Waals surface area contributed by atoms with Crippen molar-refractivity contribution in [3.63, 3.8) is 0 Å². The number of aryl methyl sites for hydroxylation is 3. The molecular formula is C17H28N2O3S. The molecule has 0 radical (unpaired) electrons. The van der Waals surface area contributed by atoms with Crippen LogP contribution in [0.5, 0.6) is 0 Å². The van der Waals surface area contributed by atoms with Gasteiger partial charge in [-0.25, -0.2) is 8.42 Å². The van der Waals surface area contributed by atoms with Crippen LogP contribution in [-0.4, -0.2) is 32.7 Å². The first-order valence-corrected chi connectivity index (χ1v) is 9.59. The lowest BCUT2D eigenvalue weighted by Crippen LogP contribution is -2.48. The zero-order valence-corrected chi connectivity index (χ0v) is 16.0. The number of amides is 1. The van der Waals surface area contributed by atoms with Gasteiger partial charge in [0.15, 0.2) is 0 Å². The number of anilines is 1. The molecule has 0 aliphatic carbocycles. The van der Waals surface area contributed by atoms with Crippen molar-refractivity contribution >= 4 is 21.6 Å². The third-order valence-electron chi connectivity index (χ3n) is 3.93. The van der Waals surface area contributed by atoms with Gasteiger partial charge in [-0.1, -0.05) is 24.6 Å². The maximum atomic E-state index is 12.3. The summed E-state index contributed by atoms with van der Waals surface area (Å²) in [7, 11) is -3.56. The fourth-order valence-electron chi connectivity index (χ4n) is 2.56. The molecule has 0 aliphatic rings. The van der Waals surface area contributed by atoms with Gasteiger partial charge in [-0.3, -0.25) is 9.10 Å². The van der Waals surface area contributed by atoms with Crippen LogP contribution in [-0.2, 0) is 14.8 Å². The lowest BCUT2D eigenvalue weighted by atomic mass is 10.0. The minimum Gasteiger partial charge on any atom is -0.350 e. The number of hydrogen-bond acceptors (Lipinski definition) is 3. The molecule has 0 fully saturated rings. The fraction of sp³-hybridized carbons (Fsp3) is 0.588. The van der Waals surface area contributed by atoms with E-state index in [-0.39, 0.29) is 18.0 Å². The normalized spacial score (nSPS) is 12.1. The highest BCUT2D eigenvalue weighted by Gasteiger charge is 2.26. The number of hydrogen-bond donors (Lipinski definition) is 1. The zero-order valence-electron chi connectivity index (χ0n) is 15.1. The van der Waals surface area contributed by atoms with Crippen LogP contribution in [0.25, 0.3) is 0 Å². The van der Waals surface area contributed by atoms with Crippen LogP contribution in [0.1, 0.15) is 43.9 Å². The molecule has 1 aromatic rings. The van der Waals surface area contributed by atoms with Crippen LogP contribution in [0.2, 0.25) is 0 Å². The number of rotatable bonds is 6. The summed E-state index contributed by atoms with van der Waals surface area (Å²) in [6.45, 7) is 11.3. The van der Waals surface area contributed by atoms with Gasteiger partial charge in [-0.15, -0.1) is 0 Å². The molecule has 0 saturated heterocycles. The van der Waals surface area contributed by atoms with Crippen LogP contribution < -0.4 is 9.62 Å². The van der Waals surface area contributed by atoms with Crippen molar-refractivity contribution in [3.8, 4) is 0 Å². The topological polar surface area (TPSA) is 66.5 Å². The van der Waals surface area contributed by atoms with Crippen molar-refractivity contribution in [2.24, 2.45) is 0 Å². The van der Waals surface area contributed by atoms with Crippen LogP contribution in [0.3, 0.4) is 0 Å². The Morgan fingerprint density at radius 1 is 1.17 bits per heavy atom. The minimum absolute atomic E-state index is 0.215. The highest BCUT2D eigenvalue weighted by atomic mass is 32.2. The molecular weight excluding hydrogens is 312 g/mol. The van der Waals surface area contributed by atoms with E-state index in [4.69, 9.17) is 0 Å². The largest absolute Gasteiger partial charge is 0.350 e. The Balaban J connectivity index is 3.22. The van der Waals surface area contributed by atoms with Crippen molar-refractivity contribution in [2.75, 3.05) is 17.1 Å². The van der Waals surface area contributed by atoms with Crippen molar-refractivity contribution < 1.29 is 13.2 Å². The predicted molar refractivity (Wildman–Crippen MR) is 95.4 cm³/mol. The van der Waals surface area contributed by atoms with Crippen molar-refractivity contribution in [1.29, 1.82) is 0 Å². The summed E-state index contributed by atoms with van der Waals surface area (Å²) in [6, 6.07) is 3.85. The molecule has 0 atom stereocenters. The quantitative estimate of drug-likeness (QED) is 0.866. The number of benzene rings is 1. The number of carbonyl (C=O) groups is 1. The molecule has 0 aromatic heterocycles. The summed E-state index contributed by atoms with van der Waals surface area (Å²) >= 11 is 0. The Morgan fingerprint density at radius 3 is 2.04 bits per heavy atom. The van der Waals surface area contributed by atoms with E-state index >= 15 is 0 Å². The summed E-state index contributed by atoms with van der Waals surface area (Å²) < 4.78 is 25.7. The lowest BCUT2D eigenvalue weighted by molar-refractivity contribution is -0.121. The summed E-state index contributed by atoms with van der Waals surface area (Å²) in [5.41, 5.74) is 2.97. The minimum atomic E-state index is -3.56. The average molecular weight is 340 g/mol.